The first-order valence-electron chi connectivity index (χ1n) is 7.97. The second-order valence-corrected chi connectivity index (χ2v) is 6.90. The topological polar surface area (TPSA) is 85.6 Å². The van der Waals surface area contributed by atoms with E-state index in [0.29, 0.717) is 11.4 Å². The van der Waals surface area contributed by atoms with Gasteiger partial charge in [0.25, 0.3) is 0 Å². The normalized spacial score (nSPS) is 17.3. The van der Waals surface area contributed by atoms with Crippen LogP contribution in [0.1, 0.15) is 12.0 Å². The van der Waals surface area contributed by atoms with Crippen LogP contribution in [0.5, 0.6) is 0 Å². The summed E-state index contributed by atoms with van der Waals surface area (Å²) in [6.45, 7) is 1.90. The smallest absolute Gasteiger partial charge is 0.247 e. The number of aliphatic imine (C=N–C) groups is 1. The number of anilines is 1. The fourth-order valence-corrected chi connectivity index (χ4v) is 3.58. The lowest BCUT2D eigenvalue weighted by Crippen LogP contribution is -2.32. The number of nitrogens with one attached hydrogen (secondary N) is 1. The predicted octanol–water partition coefficient (Wildman–Crippen LogP) is 3.12. The number of imide groups is 1. The van der Waals surface area contributed by atoms with E-state index in [9.17, 15) is 9.59 Å². The van der Waals surface area contributed by atoms with Gasteiger partial charge in [-0.1, -0.05) is 42.1 Å². The lowest BCUT2D eigenvalue weighted by molar-refractivity contribution is -0.121. The first kappa shape index (κ1) is 17.7. The van der Waals surface area contributed by atoms with Crippen molar-refractivity contribution in [2.75, 3.05) is 4.90 Å². The van der Waals surface area contributed by atoms with E-state index in [1.54, 1.807) is 24.3 Å². The van der Waals surface area contributed by atoms with Crippen molar-refractivity contribution >= 4 is 40.1 Å². The highest BCUT2D eigenvalue weighted by atomic mass is 32.2. The Balaban J connectivity index is 1.81. The van der Waals surface area contributed by atoms with Crippen molar-refractivity contribution in [2.24, 2.45) is 4.99 Å². The van der Waals surface area contributed by atoms with Crippen molar-refractivity contribution in [3.8, 4) is 6.19 Å². The van der Waals surface area contributed by atoms with Crippen LogP contribution in [0.2, 0.25) is 0 Å². The first-order valence-corrected chi connectivity index (χ1v) is 8.85. The number of nitriles is 1. The molecule has 3 rings (SSSR count). The van der Waals surface area contributed by atoms with Crippen LogP contribution in [0.25, 0.3) is 0 Å². The summed E-state index contributed by atoms with van der Waals surface area (Å²) in [7, 11) is 0. The van der Waals surface area contributed by atoms with Crippen LogP contribution in [-0.4, -0.2) is 22.2 Å². The molecular formula is C19H16N4O2S. The minimum absolute atomic E-state index is 0.0678. The molecule has 1 heterocycles. The number of thioether (sulfide) groups is 1. The molecule has 2 aromatic rings. The average molecular weight is 364 g/mol. The number of aryl methyl sites for hydroxylation is 1. The van der Waals surface area contributed by atoms with E-state index in [1.807, 2.05) is 43.4 Å². The van der Waals surface area contributed by atoms with Gasteiger partial charge in [0.1, 0.15) is 5.25 Å². The highest BCUT2D eigenvalue weighted by Crippen LogP contribution is 2.31. The Kier molecular flexibility index (Phi) is 5.34. The Bertz CT molecular complexity index is 905. The standard InChI is InChI=1S/C19H16N4O2S/c1-13-6-5-9-15(10-13)23-17(24)11-16(18(23)25)26-19(21-12-20)22-14-7-3-2-4-8-14/h2-10,16H,11H2,1H3,(H,21,22)/t16-/m1/s1. The van der Waals surface area contributed by atoms with E-state index in [4.69, 9.17) is 5.26 Å². The molecule has 1 atom stereocenters. The molecule has 0 aliphatic carbocycles. The molecule has 0 saturated carbocycles. The van der Waals surface area contributed by atoms with Crippen LogP contribution in [0.4, 0.5) is 11.4 Å². The SMILES string of the molecule is Cc1cccc(N2C(=O)C[C@@H](SC(=Nc3ccccc3)NC#N)C2=O)c1. The minimum atomic E-state index is -0.619. The van der Waals surface area contributed by atoms with Crippen molar-refractivity contribution in [3.05, 3.63) is 60.2 Å². The Labute approximate surface area is 155 Å². The second kappa shape index (κ2) is 7.85. The van der Waals surface area contributed by atoms with E-state index in [0.717, 1.165) is 17.3 Å². The third-order valence-electron chi connectivity index (χ3n) is 3.77. The molecule has 6 nitrogen and oxygen atoms in total. The average Bonchev–Trinajstić information content (AvgIpc) is 2.89. The summed E-state index contributed by atoms with van der Waals surface area (Å²) in [5.74, 6) is -0.555. The number of carbonyl (C=O) groups excluding carboxylic acids is 2. The molecule has 130 valence electrons. The number of hydrogen-bond donors (Lipinski definition) is 1. The molecule has 2 amide bonds. The molecule has 7 heteroatoms. The molecule has 1 saturated heterocycles. The molecule has 1 aliphatic heterocycles. The highest BCUT2D eigenvalue weighted by Gasteiger charge is 2.40. The summed E-state index contributed by atoms with van der Waals surface area (Å²) < 4.78 is 0. The van der Waals surface area contributed by atoms with E-state index >= 15 is 0 Å². The van der Waals surface area contributed by atoms with Gasteiger partial charge in [0, 0.05) is 6.42 Å². The third kappa shape index (κ3) is 3.92. The molecule has 0 unspecified atom stereocenters. The van der Waals surface area contributed by atoms with E-state index in [-0.39, 0.29) is 23.4 Å². The number of benzene rings is 2. The maximum Gasteiger partial charge on any atom is 0.247 e. The Morgan fingerprint density at radius 3 is 2.69 bits per heavy atom. The van der Waals surface area contributed by atoms with Gasteiger partial charge in [0.05, 0.1) is 11.4 Å². The predicted molar refractivity (Wildman–Crippen MR) is 102 cm³/mol. The molecule has 1 N–H and O–H groups in total. The Hall–Kier alpha value is -3.11. The maximum atomic E-state index is 12.7. The van der Waals surface area contributed by atoms with E-state index < -0.39 is 5.25 Å². The molecule has 0 radical (unpaired) electrons. The van der Waals surface area contributed by atoms with Gasteiger partial charge in [-0.25, -0.2) is 9.89 Å². The highest BCUT2D eigenvalue weighted by molar-refractivity contribution is 8.15. The summed E-state index contributed by atoms with van der Waals surface area (Å²) in [5.41, 5.74) is 2.19. The van der Waals surface area contributed by atoms with Crippen molar-refractivity contribution < 1.29 is 9.59 Å². The summed E-state index contributed by atoms with van der Waals surface area (Å²) in [4.78, 5) is 30.7. The van der Waals surface area contributed by atoms with Gasteiger partial charge < -0.3 is 0 Å². The molecule has 0 aromatic heterocycles. The van der Waals surface area contributed by atoms with Crippen LogP contribution in [0.3, 0.4) is 0 Å². The number of nitrogens with zero attached hydrogens (tertiary/aromatic N) is 3. The zero-order valence-corrected chi connectivity index (χ0v) is 14.9. The summed E-state index contributed by atoms with van der Waals surface area (Å²) in [6.07, 6.45) is 1.89. The van der Waals surface area contributed by atoms with Crippen molar-refractivity contribution in [3.63, 3.8) is 0 Å². The zero-order chi connectivity index (χ0) is 18.5. The summed E-state index contributed by atoms with van der Waals surface area (Å²) in [5, 5.41) is 11.1. The molecule has 1 aliphatic rings. The van der Waals surface area contributed by atoms with Crippen molar-refractivity contribution in [2.45, 2.75) is 18.6 Å². The van der Waals surface area contributed by atoms with Gasteiger partial charge in [-0.15, -0.1) is 0 Å². The van der Waals surface area contributed by atoms with Crippen LogP contribution in [-0.2, 0) is 9.59 Å². The van der Waals surface area contributed by atoms with Gasteiger partial charge in [0.15, 0.2) is 11.4 Å². The molecule has 26 heavy (non-hydrogen) atoms. The van der Waals surface area contributed by atoms with Gasteiger partial charge in [-0.05, 0) is 36.8 Å². The van der Waals surface area contributed by atoms with Crippen LogP contribution in [0.15, 0.2) is 59.6 Å². The van der Waals surface area contributed by atoms with E-state index in [2.05, 4.69) is 10.3 Å². The molecule has 0 bridgehead atoms. The minimum Gasteiger partial charge on any atom is -0.274 e. The Morgan fingerprint density at radius 2 is 2.00 bits per heavy atom. The number of rotatable bonds is 3. The van der Waals surface area contributed by atoms with Gasteiger partial charge >= 0.3 is 0 Å². The monoisotopic (exact) mass is 364 g/mol. The molecular weight excluding hydrogens is 348 g/mol. The van der Waals surface area contributed by atoms with Crippen LogP contribution >= 0.6 is 11.8 Å². The number of amidine groups is 1. The van der Waals surface area contributed by atoms with Gasteiger partial charge in [-0.3, -0.25) is 14.9 Å². The fraction of sp³-hybridized carbons (Fsp3) is 0.158. The lowest BCUT2D eigenvalue weighted by atomic mass is 10.2. The third-order valence-corrected chi connectivity index (χ3v) is 4.84. The lowest BCUT2D eigenvalue weighted by Gasteiger charge is -2.15. The second-order valence-electron chi connectivity index (χ2n) is 5.71. The Morgan fingerprint density at radius 1 is 1.23 bits per heavy atom. The van der Waals surface area contributed by atoms with Crippen LogP contribution < -0.4 is 10.2 Å². The summed E-state index contributed by atoms with van der Waals surface area (Å²) in [6, 6.07) is 16.4. The molecule has 2 aromatic carbocycles. The first-order chi connectivity index (χ1) is 12.6. The number of amides is 2. The number of carbonyl (C=O) groups is 2. The fourth-order valence-electron chi connectivity index (χ4n) is 2.62. The quantitative estimate of drug-likeness (QED) is 0.297. The van der Waals surface area contributed by atoms with Crippen LogP contribution in [0, 0.1) is 18.4 Å². The maximum absolute atomic E-state index is 12.7. The number of para-hydroxylation sites is 1. The molecule has 1 fully saturated rings. The zero-order valence-electron chi connectivity index (χ0n) is 14.0. The number of hydrogen-bond acceptors (Lipinski definition) is 5. The van der Waals surface area contributed by atoms with Crippen molar-refractivity contribution in [1.82, 2.24) is 5.32 Å². The summed E-state index contributed by atoms with van der Waals surface area (Å²) >= 11 is 1.09. The molecule has 0 spiro atoms. The van der Waals surface area contributed by atoms with Crippen molar-refractivity contribution in [1.29, 1.82) is 5.26 Å². The van der Waals surface area contributed by atoms with E-state index in [1.165, 1.54) is 4.90 Å². The largest absolute Gasteiger partial charge is 0.274 e. The van der Waals surface area contributed by atoms with Gasteiger partial charge in [0.2, 0.25) is 11.8 Å². The van der Waals surface area contributed by atoms with Gasteiger partial charge in [-0.2, -0.15) is 5.26 Å².